The van der Waals surface area contributed by atoms with Crippen LogP contribution in [0.2, 0.25) is 10.0 Å². The summed E-state index contributed by atoms with van der Waals surface area (Å²) in [5.74, 6) is 1.62. The van der Waals surface area contributed by atoms with Gasteiger partial charge in [-0.15, -0.1) is 5.10 Å². The van der Waals surface area contributed by atoms with E-state index in [2.05, 4.69) is 41.0 Å². The minimum atomic E-state index is 0.438. The predicted octanol–water partition coefficient (Wildman–Crippen LogP) is 2.90. The minimum Gasteiger partial charge on any atom is -0.479 e. The lowest BCUT2D eigenvalue weighted by atomic mass is 10.2. The summed E-state index contributed by atoms with van der Waals surface area (Å²) in [5.41, 5.74) is 2.39. The highest BCUT2D eigenvalue weighted by molar-refractivity contribution is 6.42. The smallest absolute Gasteiger partial charge is 0.244 e. The van der Waals surface area contributed by atoms with E-state index in [0.29, 0.717) is 46.9 Å². The van der Waals surface area contributed by atoms with Crippen molar-refractivity contribution < 1.29 is 4.74 Å². The average molecular weight is 434 g/mol. The number of nitrogens with zero attached hydrogens (tertiary/aromatic N) is 7. The van der Waals surface area contributed by atoms with Gasteiger partial charge >= 0.3 is 0 Å². The zero-order chi connectivity index (χ0) is 20.2. The van der Waals surface area contributed by atoms with E-state index in [-0.39, 0.29) is 0 Å². The number of benzene rings is 1. The fraction of sp³-hybridized carbons (Fsp3) is 0.294. The molecule has 0 radical (unpaired) electrons. The van der Waals surface area contributed by atoms with Crippen LogP contribution in [0.3, 0.4) is 0 Å². The summed E-state index contributed by atoms with van der Waals surface area (Å²) < 4.78 is 7.30. The first-order valence-electron chi connectivity index (χ1n) is 8.82. The number of anilines is 1. The van der Waals surface area contributed by atoms with E-state index < -0.39 is 0 Å². The molecule has 3 aromatic heterocycles. The molecular formula is C17H17Cl2N9O. The Labute approximate surface area is 175 Å². The van der Waals surface area contributed by atoms with Gasteiger partial charge in [0.15, 0.2) is 0 Å². The molecule has 0 unspecified atom stereocenters. The molecule has 0 amide bonds. The Morgan fingerprint density at radius 3 is 2.86 bits per heavy atom. The first-order valence-corrected chi connectivity index (χ1v) is 9.57. The fourth-order valence-electron chi connectivity index (χ4n) is 2.87. The molecule has 150 valence electrons. The van der Waals surface area contributed by atoms with Crippen LogP contribution in [-0.4, -0.2) is 47.5 Å². The van der Waals surface area contributed by atoms with Gasteiger partial charge in [0.2, 0.25) is 11.8 Å². The lowest BCUT2D eigenvalue weighted by Gasteiger charge is -2.10. The largest absolute Gasteiger partial charge is 0.479 e. The maximum Gasteiger partial charge on any atom is 0.244 e. The molecule has 29 heavy (non-hydrogen) atoms. The number of aryl methyl sites for hydroxylation is 2. The molecule has 0 aliphatic rings. The highest BCUT2D eigenvalue weighted by Crippen LogP contribution is 2.25. The van der Waals surface area contributed by atoms with E-state index in [1.165, 1.54) is 0 Å². The Bertz CT molecular complexity index is 1110. The van der Waals surface area contributed by atoms with Crippen LogP contribution in [0.4, 0.5) is 5.95 Å². The van der Waals surface area contributed by atoms with E-state index in [1.54, 1.807) is 25.4 Å². The highest BCUT2D eigenvalue weighted by Gasteiger charge is 2.14. The van der Waals surface area contributed by atoms with Gasteiger partial charge in [-0.05, 0) is 34.5 Å². The van der Waals surface area contributed by atoms with Crippen LogP contribution < -0.4 is 10.1 Å². The third kappa shape index (κ3) is 4.38. The number of hydrogen-bond acceptors (Lipinski definition) is 8. The molecule has 0 fully saturated rings. The Morgan fingerprint density at radius 2 is 2.10 bits per heavy atom. The number of aromatic amines is 1. The number of hydrogen-bond donors (Lipinski definition) is 2. The van der Waals surface area contributed by atoms with E-state index in [4.69, 9.17) is 27.9 Å². The van der Waals surface area contributed by atoms with E-state index in [1.807, 2.05) is 10.7 Å². The molecule has 12 heteroatoms. The quantitative estimate of drug-likeness (QED) is 0.435. The molecule has 0 saturated heterocycles. The normalized spacial score (nSPS) is 11.1. The first-order chi connectivity index (χ1) is 14.1. The molecule has 0 atom stereocenters. The Morgan fingerprint density at radius 1 is 1.21 bits per heavy atom. The number of aromatic nitrogens is 8. The Kier molecular flexibility index (Phi) is 5.72. The zero-order valence-electron chi connectivity index (χ0n) is 15.4. The van der Waals surface area contributed by atoms with E-state index in [9.17, 15) is 0 Å². The van der Waals surface area contributed by atoms with Gasteiger partial charge in [-0.25, -0.2) is 10.1 Å². The second-order valence-electron chi connectivity index (χ2n) is 6.21. The van der Waals surface area contributed by atoms with Crippen LogP contribution in [0.5, 0.6) is 5.88 Å². The maximum atomic E-state index is 6.06. The lowest BCUT2D eigenvalue weighted by molar-refractivity contribution is 0.399. The van der Waals surface area contributed by atoms with Crippen molar-refractivity contribution in [3.05, 3.63) is 45.8 Å². The standard InChI is InChI=1S/C17H17Cl2N9O/c1-29-16-15-13(9-21-28(15)6-2-3-14-24-26-27-25-14)22-17(23-16)20-8-10-4-5-11(18)12(19)7-10/h4-5,7,9H,2-3,6,8H2,1H3,(H,20,22,23)(H,24,25,26,27). The van der Waals surface area contributed by atoms with E-state index >= 15 is 0 Å². The van der Waals surface area contributed by atoms with Crippen LogP contribution in [0.1, 0.15) is 17.8 Å². The molecule has 4 aromatic rings. The first kappa shape index (κ1) is 19.3. The fourth-order valence-corrected chi connectivity index (χ4v) is 3.19. The number of nitrogens with one attached hydrogen (secondary N) is 2. The monoisotopic (exact) mass is 433 g/mol. The summed E-state index contributed by atoms with van der Waals surface area (Å²) in [6.07, 6.45) is 3.20. The molecule has 3 heterocycles. The summed E-state index contributed by atoms with van der Waals surface area (Å²) in [4.78, 5) is 9.00. The van der Waals surface area contributed by atoms with E-state index in [0.717, 1.165) is 23.3 Å². The van der Waals surface area contributed by atoms with Gasteiger partial charge in [0.1, 0.15) is 16.9 Å². The van der Waals surface area contributed by atoms with Crippen molar-refractivity contribution in [1.82, 2.24) is 40.4 Å². The maximum absolute atomic E-state index is 6.06. The van der Waals surface area contributed by atoms with Crippen LogP contribution in [-0.2, 0) is 19.5 Å². The number of methoxy groups -OCH3 is 1. The molecule has 2 N–H and O–H groups in total. The minimum absolute atomic E-state index is 0.438. The van der Waals surface area contributed by atoms with Crippen molar-refractivity contribution >= 4 is 40.2 Å². The summed E-state index contributed by atoms with van der Waals surface area (Å²) in [6.45, 7) is 1.14. The van der Waals surface area contributed by atoms with Crippen molar-refractivity contribution in [2.24, 2.45) is 0 Å². The Hall–Kier alpha value is -2.98. The number of tetrazole rings is 1. The molecule has 10 nitrogen and oxygen atoms in total. The second-order valence-corrected chi connectivity index (χ2v) is 7.03. The third-order valence-corrected chi connectivity index (χ3v) is 5.00. The molecule has 0 saturated carbocycles. The summed E-state index contributed by atoms with van der Waals surface area (Å²) >= 11 is 12.0. The van der Waals surface area contributed by atoms with Crippen molar-refractivity contribution in [3.63, 3.8) is 0 Å². The number of H-pyrrole nitrogens is 1. The van der Waals surface area contributed by atoms with Gasteiger partial charge in [-0.1, -0.05) is 29.3 Å². The number of ether oxygens (including phenoxy) is 1. The van der Waals surface area contributed by atoms with Gasteiger partial charge in [0.25, 0.3) is 0 Å². The lowest BCUT2D eigenvalue weighted by Crippen LogP contribution is -2.07. The summed E-state index contributed by atoms with van der Waals surface area (Å²) in [6, 6.07) is 5.44. The summed E-state index contributed by atoms with van der Waals surface area (Å²) in [7, 11) is 1.57. The van der Waals surface area contributed by atoms with Crippen LogP contribution in [0.15, 0.2) is 24.4 Å². The van der Waals surface area contributed by atoms with Crippen molar-refractivity contribution in [1.29, 1.82) is 0 Å². The predicted molar refractivity (Wildman–Crippen MR) is 108 cm³/mol. The van der Waals surface area contributed by atoms with Crippen molar-refractivity contribution in [3.8, 4) is 5.88 Å². The van der Waals surface area contributed by atoms with Gasteiger partial charge < -0.3 is 10.1 Å². The third-order valence-electron chi connectivity index (χ3n) is 4.26. The molecule has 1 aromatic carbocycles. The SMILES string of the molecule is COc1nc(NCc2ccc(Cl)c(Cl)c2)nc2cnn(CCCc3nnn[nH]3)c12. The number of rotatable bonds is 8. The van der Waals surface area contributed by atoms with Gasteiger partial charge in [-0.3, -0.25) is 4.68 Å². The molecule has 0 spiro atoms. The van der Waals surface area contributed by atoms with Crippen LogP contribution >= 0.6 is 23.2 Å². The summed E-state index contributed by atoms with van der Waals surface area (Å²) in [5, 5.41) is 22.4. The number of fused-ring (bicyclic) bond motifs is 1. The Balaban J connectivity index is 1.49. The molecule has 0 aliphatic heterocycles. The number of halogens is 2. The van der Waals surface area contributed by atoms with Crippen molar-refractivity contribution in [2.75, 3.05) is 12.4 Å². The molecule has 0 bridgehead atoms. The topological polar surface area (TPSA) is 119 Å². The highest BCUT2D eigenvalue weighted by atomic mass is 35.5. The average Bonchev–Trinajstić information content (AvgIpc) is 3.38. The second kappa shape index (κ2) is 8.58. The molecule has 0 aliphatic carbocycles. The van der Waals surface area contributed by atoms with Crippen LogP contribution in [0.25, 0.3) is 11.0 Å². The van der Waals surface area contributed by atoms with Gasteiger partial charge in [0, 0.05) is 19.5 Å². The van der Waals surface area contributed by atoms with Crippen molar-refractivity contribution in [2.45, 2.75) is 25.9 Å². The van der Waals surface area contributed by atoms with Crippen LogP contribution in [0, 0.1) is 0 Å². The molecular weight excluding hydrogens is 417 g/mol. The van der Waals surface area contributed by atoms with Gasteiger partial charge in [-0.2, -0.15) is 10.1 Å². The molecule has 4 rings (SSSR count). The zero-order valence-corrected chi connectivity index (χ0v) is 16.9. The van der Waals surface area contributed by atoms with Gasteiger partial charge in [0.05, 0.1) is 23.4 Å².